The molecule has 1 saturated heterocycles. The number of carbonyl (C=O) groups is 3. The normalized spacial score (nSPS) is 17.2. The Hall–Kier alpha value is -2.97. The second-order valence-corrected chi connectivity index (χ2v) is 9.61. The highest BCUT2D eigenvalue weighted by molar-refractivity contribution is 5.93. The van der Waals surface area contributed by atoms with Gasteiger partial charge in [-0.25, -0.2) is 0 Å². The minimum absolute atomic E-state index is 0.0170. The maximum absolute atomic E-state index is 13.4. The molecule has 0 aromatic heterocycles. The Bertz CT molecular complexity index is 1040. The number of carbonyl (C=O) groups excluding carboxylic acids is 3. The van der Waals surface area contributed by atoms with Crippen molar-refractivity contribution in [3.05, 3.63) is 48.0 Å². The van der Waals surface area contributed by atoms with E-state index in [9.17, 15) is 19.5 Å². The Kier molecular flexibility index (Phi) is 10.3. The van der Waals surface area contributed by atoms with Gasteiger partial charge < -0.3 is 26.0 Å². The molecule has 2 aromatic carbocycles. The zero-order valence-electron chi connectivity index (χ0n) is 21.6. The molecule has 0 saturated carbocycles. The van der Waals surface area contributed by atoms with Crippen LogP contribution in [0.25, 0.3) is 10.8 Å². The Morgan fingerprint density at radius 1 is 1.06 bits per heavy atom. The van der Waals surface area contributed by atoms with E-state index in [1.54, 1.807) is 11.9 Å². The number of hydrogen-bond acceptors (Lipinski definition) is 5. The highest BCUT2D eigenvalue weighted by atomic mass is 16.3. The summed E-state index contributed by atoms with van der Waals surface area (Å²) in [5.74, 6) is -0.738. The van der Waals surface area contributed by atoms with Crippen LogP contribution in [-0.2, 0) is 20.8 Å². The highest BCUT2D eigenvalue weighted by Crippen LogP contribution is 2.23. The van der Waals surface area contributed by atoms with Crippen LogP contribution in [0.2, 0.25) is 0 Å². The van der Waals surface area contributed by atoms with E-state index in [0.717, 1.165) is 35.6 Å². The van der Waals surface area contributed by atoms with Crippen molar-refractivity contribution in [3.8, 4) is 0 Å². The fourth-order valence-corrected chi connectivity index (χ4v) is 4.90. The fraction of sp³-hybridized carbons (Fsp3) is 0.536. The van der Waals surface area contributed by atoms with E-state index in [0.29, 0.717) is 25.9 Å². The van der Waals surface area contributed by atoms with Crippen LogP contribution in [0.4, 0.5) is 0 Å². The standard InChI is InChI=1S/C28H40N4O4/c1-4-20(5-2)28(36)32-14-8-11-25(32)27(35)31-24(26(34)30-18-23(33)17-29-3)16-19-12-13-21-9-6-7-10-22(21)15-19/h6-7,9-10,12-13,15,20,23-25,29,33H,4-5,8,11,14,16-18H2,1-3H3,(H,30,34)(H,31,35). The van der Waals surface area contributed by atoms with E-state index in [4.69, 9.17) is 0 Å². The summed E-state index contributed by atoms with van der Waals surface area (Å²) in [6.07, 6.45) is 2.39. The van der Waals surface area contributed by atoms with Crippen molar-refractivity contribution in [2.75, 3.05) is 26.7 Å². The van der Waals surface area contributed by atoms with E-state index in [1.165, 1.54) is 0 Å². The molecule has 8 heteroatoms. The van der Waals surface area contributed by atoms with Gasteiger partial charge in [-0.3, -0.25) is 14.4 Å². The predicted molar refractivity (Wildman–Crippen MR) is 141 cm³/mol. The summed E-state index contributed by atoms with van der Waals surface area (Å²) in [6.45, 7) is 4.96. The first kappa shape index (κ1) is 27.6. The van der Waals surface area contributed by atoms with Gasteiger partial charge in [0.2, 0.25) is 17.7 Å². The average Bonchev–Trinajstić information content (AvgIpc) is 3.38. The van der Waals surface area contributed by atoms with Crippen LogP contribution in [0, 0.1) is 5.92 Å². The molecule has 196 valence electrons. The number of benzene rings is 2. The minimum Gasteiger partial charge on any atom is -0.390 e. The largest absolute Gasteiger partial charge is 0.390 e. The summed E-state index contributed by atoms with van der Waals surface area (Å²) < 4.78 is 0. The number of aliphatic hydroxyl groups excluding tert-OH is 1. The quantitative estimate of drug-likeness (QED) is 0.359. The van der Waals surface area contributed by atoms with Gasteiger partial charge in [-0.15, -0.1) is 0 Å². The summed E-state index contributed by atoms with van der Waals surface area (Å²) >= 11 is 0. The zero-order chi connectivity index (χ0) is 26.1. The van der Waals surface area contributed by atoms with Gasteiger partial charge in [-0.2, -0.15) is 0 Å². The molecule has 0 bridgehead atoms. The molecule has 8 nitrogen and oxygen atoms in total. The molecule has 3 rings (SSSR count). The first-order chi connectivity index (χ1) is 17.4. The molecule has 0 radical (unpaired) electrons. The summed E-state index contributed by atoms with van der Waals surface area (Å²) in [5.41, 5.74) is 0.918. The van der Waals surface area contributed by atoms with E-state index in [-0.39, 0.29) is 30.2 Å². The lowest BCUT2D eigenvalue weighted by Gasteiger charge is -2.29. The third-order valence-corrected chi connectivity index (χ3v) is 7.01. The van der Waals surface area contributed by atoms with E-state index >= 15 is 0 Å². The molecular formula is C28H40N4O4. The third kappa shape index (κ3) is 7.04. The summed E-state index contributed by atoms with van der Waals surface area (Å²) in [7, 11) is 1.73. The average molecular weight is 497 g/mol. The van der Waals surface area contributed by atoms with Gasteiger partial charge in [0.05, 0.1) is 6.10 Å². The minimum atomic E-state index is -0.828. The molecule has 2 aromatic rings. The number of likely N-dealkylation sites (tertiary alicyclic amines) is 1. The van der Waals surface area contributed by atoms with Gasteiger partial charge in [-0.1, -0.05) is 56.3 Å². The second kappa shape index (κ2) is 13.4. The third-order valence-electron chi connectivity index (χ3n) is 7.01. The highest BCUT2D eigenvalue weighted by Gasteiger charge is 2.37. The SMILES string of the molecule is CCC(CC)C(=O)N1CCCC1C(=O)NC(Cc1ccc2ccccc2c1)C(=O)NCC(O)CNC. The van der Waals surface area contributed by atoms with Crippen LogP contribution in [0.5, 0.6) is 0 Å². The van der Waals surface area contributed by atoms with Crippen molar-refractivity contribution < 1.29 is 19.5 Å². The molecule has 3 amide bonds. The molecule has 1 aliphatic rings. The number of likely N-dealkylation sites (N-methyl/N-ethyl adjacent to an activating group) is 1. The number of hydrogen-bond donors (Lipinski definition) is 4. The van der Waals surface area contributed by atoms with Gasteiger partial charge >= 0.3 is 0 Å². The van der Waals surface area contributed by atoms with Crippen LogP contribution in [0.3, 0.4) is 0 Å². The topological polar surface area (TPSA) is 111 Å². The van der Waals surface area contributed by atoms with E-state index in [2.05, 4.69) is 16.0 Å². The molecular weight excluding hydrogens is 456 g/mol. The van der Waals surface area contributed by atoms with Gasteiger partial charge in [-0.05, 0) is 49.1 Å². The van der Waals surface area contributed by atoms with Crippen LogP contribution in [0.15, 0.2) is 42.5 Å². The van der Waals surface area contributed by atoms with Gasteiger partial charge in [0.1, 0.15) is 12.1 Å². The Morgan fingerprint density at radius 3 is 2.47 bits per heavy atom. The maximum atomic E-state index is 13.4. The van der Waals surface area contributed by atoms with Crippen molar-refractivity contribution in [2.45, 2.75) is 64.1 Å². The van der Waals surface area contributed by atoms with Crippen molar-refractivity contribution in [1.82, 2.24) is 20.9 Å². The first-order valence-electron chi connectivity index (χ1n) is 13.1. The molecule has 1 fully saturated rings. The zero-order valence-corrected chi connectivity index (χ0v) is 21.6. The van der Waals surface area contributed by atoms with Crippen LogP contribution < -0.4 is 16.0 Å². The number of aliphatic hydroxyl groups is 1. The van der Waals surface area contributed by atoms with E-state index < -0.39 is 18.2 Å². The summed E-state index contributed by atoms with van der Waals surface area (Å²) in [6, 6.07) is 12.6. The Labute approximate surface area is 213 Å². The van der Waals surface area contributed by atoms with Crippen LogP contribution in [-0.4, -0.2) is 72.6 Å². The van der Waals surface area contributed by atoms with Crippen LogP contribution >= 0.6 is 0 Å². The lowest BCUT2D eigenvalue weighted by atomic mass is 10.00. The molecule has 0 aliphatic carbocycles. The van der Waals surface area contributed by atoms with Gasteiger partial charge in [0.25, 0.3) is 0 Å². The monoisotopic (exact) mass is 496 g/mol. The van der Waals surface area contributed by atoms with Gasteiger partial charge in [0.15, 0.2) is 0 Å². The maximum Gasteiger partial charge on any atom is 0.243 e. The summed E-state index contributed by atoms with van der Waals surface area (Å²) in [4.78, 5) is 41.2. The van der Waals surface area contributed by atoms with Crippen molar-refractivity contribution in [3.63, 3.8) is 0 Å². The number of nitrogens with one attached hydrogen (secondary N) is 3. The molecule has 3 atom stereocenters. The van der Waals surface area contributed by atoms with Crippen molar-refractivity contribution in [2.24, 2.45) is 5.92 Å². The second-order valence-electron chi connectivity index (χ2n) is 9.61. The number of nitrogens with zero attached hydrogens (tertiary/aromatic N) is 1. The lowest BCUT2D eigenvalue weighted by Crippen LogP contribution is -2.55. The lowest BCUT2D eigenvalue weighted by molar-refractivity contribution is -0.142. The van der Waals surface area contributed by atoms with Gasteiger partial charge in [0, 0.05) is 32.0 Å². The smallest absolute Gasteiger partial charge is 0.243 e. The van der Waals surface area contributed by atoms with Crippen LogP contribution in [0.1, 0.15) is 45.1 Å². The summed E-state index contributed by atoms with van der Waals surface area (Å²) in [5, 5.41) is 20.8. The van der Waals surface area contributed by atoms with Crippen molar-refractivity contribution >= 4 is 28.5 Å². The van der Waals surface area contributed by atoms with E-state index in [1.807, 2.05) is 56.3 Å². The fourth-order valence-electron chi connectivity index (χ4n) is 4.90. The Balaban J connectivity index is 1.77. The first-order valence-corrected chi connectivity index (χ1v) is 13.1. The molecule has 36 heavy (non-hydrogen) atoms. The molecule has 1 heterocycles. The molecule has 3 unspecified atom stereocenters. The van der Waals surface area contributed by atoms with Crippen molar-refractivity contribution in [1.29, 1.82) is 0 Å². The molecule has 1 aliphatic heterocycles. The number of fused-ring (bicyclic) bond motifs is 1. The number of rotatable bonds is 12. The predicted octanol–water partition coefficient (Wildman–Crippen LogP) is 1.99. The molecule has 0 spiro atoms. The number of amides is 3. The molecule has 4 N–H and O–H groups in total. The Morgan fingerprint density at radius 2 is 1.78 bits per heavy atom.